The molecule has 2 N–H and O–H groups in total. The minimum atomic E-state index is -0.151. The average molecular weight is 205 g/mol. The Balaban J connectivity index is 2.39. The Morgan fingerprint density at radius 1 is 1.40 bits per heavy atom. The maximum absolute atomic E-state index is 5.90. The molecule has 0 saturated carbocycles. The van der Waals surface area contributed by atoms with E-state index in [1.54, 1.807) is 0 Å². The quantitative estimate of drug-likeness (QED) is 0.804. The van der Waals surface area contributed by atoms with E-state index in [2.05, 4.69) is 38.1 Å². The number of rotatable bonds is 2. The van der Waals surface area contributed by atoms with E-state index in [9.17, 15) is 0 Å². The van der Waals surface area contributed by atoms with E-state index in [-0.39, 0.29) is 5.60 Å². The predicted molar refractivity (Wildman–Crippen MR) is 61.8 cm³/mol. The lowest BCUT2D eigenvalue weighted by molar-refractivity contribution is -0.0435. The van der Waals surface area contributed by atoms with Crippen molar-refractivity contribution < 1.29 is 4.74 Å². The topological polar surface area (TPSA) is 35.2 Å². The molecule has 0 fully saturated rings. The van der Waals surface area contributed by atoms with Gasteiger partial charge in [0.25, 0.3) is 0 Å². The van der Waals surface area contributed by atoms with Crippen molar-refractivity contribution in [1.29, 1.82) is 0 Å². The Morgan fingerprint density at radius 2 is 2.13 bits per heavy atom. The molecule has 1 aromatic rings. The van der Waals surface area contributed by atoms with Gasteiger partial charge in [0.15, 0.2) is 0 Å². The van der Waals surface area contributed by atoms with E-state index in [1.807, 2.05) is 0 Å². The van der Waals surface area contributed by atoms with Gasteiger partial charge in [-0.2, -0.15) is 0 Å². The molecule has 0 spiro atoms. The fourth-order valence-corrected chi connectivity index (χ4v) is 2.32. The van der Waals surface area contributed by atoms with Gasteiger partial charge < -0.3 is 10.5 Å². The molecular weight excluding hydrogens is 186 g/mol. The first kappa shape index (κ1) is 10.7. The van der Waals surface area contributed by atoms with Crippen molar-refractivity contribution in [2.75, 3.05) is 13.2 Å². The molecule has 15 heavy (non-hydrogen) atoms. The molecule has 1 unspecified atom stereocenters. The van der Waals surface area contributed by atoms with Crippen LogP contribution in [0.3, 0.4) is 0 Å². The molecule has 1 heterocycles. The summed E-state index contributed by atoms with van der Waals surface area (Å²) in [4.78, 5) is 0. The van der Waals surface area contributed by atoms with Gasteiger partial charge in [-0.3, -0.25) is 0 Å². The van der Waals surface area contributed by atoms with Gasteiger partial charge in [-0.05, 0) is 37.9 Å². The van der Waals surface area contributed by atoms with E-state index in [0.29, 0.717) is 5.92 Å². The summed E-state index contributed by atoms with van der Waals surface area (Å²) in [7, 11) is 0. The third-order valence-corrected chi connectivity index (χ3v) is 3.21. The second-order valence-electron chi connectivity index (χ2n) is 4.68. The largest absolute Gasteiger partial charge is 0.370 e. The smallest absolute Gasteiger partial charge is 0.0878 e. The van der Waals surface area contributed by atoms with E-state index >= 15 is 0 Å². The van der Waals surface area contributed by atoms with Gasteiger partial charge in [-0.15, -0.1) is 0 Å². The van der Waals surface area contributed by atoms with E-state index < -0.39 is 0 Å². The van der Waals surface area contributed by atoms with Crippen LogP contribution in [0.1, 0.15) is 37.3 Å². The van der Waals surface area contributed by atoms with Crippen LogP contribution in [0.2, 0.25) is 0 Å². The predicted octanol–water partition coefficient (Wildman–Crippen LogP) is 2.38. The monoisotopic (exact) mass is 205 g/mol. The van der Waals surface area contributed by atoms with Gasteiger partial charge in [0.05, 0.1) is 12.2 Å². The molecule has 0 bridgehead atoms. The normalized spacial score (nSPS) is 23.5. The van der Waals surface area contributed by atoms with Gasteiger partial charge in [-0.25, -0.2) is 0 Å². The third kappa shape index (κ3) is 1.92. The van der Waals surface area contributed by atoms with Gasteiger partial charge in [0, 0.05) is 5.92 Å². The van der Waals surface area contributed by atoms with Crippen LogP contribution in [0, 0.1) is 0 Å². The van der Waals surface area contributed by atoms with Crippen LogP contribution in [-0.2, 0) is 10.3 Å². The maximum Gasteiger partial charge on any atom is 0.0878 e. The van der Waals surface area contributed by atoms with Crippen LogP contribution in [0.5, 0.6) is 0 Å². The molecule has 0 aliphatic carbocycles. The van der Waals surface area contributed by atoms with Crippen LogP contribution in [0.4, 0.5) is 0 Å². The highest BCUT2D eigenvalue weighted by Crippen LogP contribution is 2.38. The summed E-state index contributed by atoms with van der Waals surface area (Å²) >= 11 is 0. The second-order valence-corrected chi connectivity index (χ2v) is 4.68. The molecule has 1 aliphatic heterocycles. The number of hydrogen-bond donors (Lipinski definition) is 1. The van der Waals surface area contributed by atoms with Crippen molar-refractivity contribution in [3.8, 4) is 0 Å². The Hall–Kier alpha value is -0.860. The minimum Gasteiger partial charge on any atom is -0.370 e. The fourth-order valence-electron chi connectivity index (χ4n) is 2.32. The lowest BCUT2D eigenvalue weighted by atomic mass is 9.82. The molecule has 82 valence electrons. The molecule has 0 saturated heterocycles. The number of fused-ring (bicyclic) bond motifs is 1. The van der Waals surface area contributed by atoms with Crippen molar-refractivity contribution in [3.05, 3.63) is 35.4 Å². The van der Waals surface area contributed by atoms with Gasteiger partial charge in [-0.1, -0.05) is 24.3 Å². The average Bonchev–Trinajstić information content (AvgIpc) is 2.23. The lowest BCUT2D eigenvalue weighted by Crippen LogP contribution is -2.32. The zero-order chi connectivity index (χ0) is 10.9. The maximum atomic E-state index is 5.90. The SMILES string of the molecule is CC1(C)OCC(CCN)c2ccccc21. The van der Waals surface area contributed by atoms with Gasteiger partial charge >= 0.3 is 0 Å². The molecule has 1 aliphatic rings. The first-order chi connectivity index (χ1) is 7.15. The molecule has 0 aromatic heterocycles. The lowest BCUT2D eigenvalue weighted by Gasteiger charge is -2.37. The first-order valence-electron chi connectivity index (χ1n) is 5.58. The number of hydrogen-bond acceptors (Lipinski definition) is 2. The Bertz CT molecular complexity index is 346. The zero-order valence-electron chi connectivity index (χ0n) is 9.49. The van der Waals surface area contributed by atoms with E-state index in [4.69, 9.17) is 10.5 Å². The van der Waals surface area contributed by atoms with Crippen molar-refractivity contribution in [2.45, 2.75) is 31.8 Å². The van der Waals surface area contributed by atoms with Crippen LogP contribution >= 0.6 is 0 Å². The highest BCUT2D eigenvalue weighted by molar-refractivity contribution is 5.36. The Labute approximate surface area is 91.4 Å². The van der Waals surface area contributed by atoms with Crippen LogP contribution in [-0.4, -0.2) is 13.2 Å². The van der Waals surface area contributed by atoms with Gasteiger partial charge in [0.2, 0.25) is 0 Å². The molecule has 1 atom stereocenters. The molecule has 1 aromatic carbocycles. The standard InChI is InChI=1S/C13H19NO/c1-13(2)12-6-4-3-5-11(12)10(7-8-14)9-15-13/h3-6,10H,7-9,14H2,1-2H3. The summed E-state index contributed by atoms with van der Waals surface area (Å²) < 4.78 is 5.90. The minimum absolute atomic E-state index is 0.151. The summed E-state index contributed by atoms with van der Waals surface area (Å²) in [5.41, 5.74) is 8.21. The van der Waals surface area contributed by atoms with Crippen molar-refractivity contribution in [2.24, 2.45) is 5.73 Å². The second kappa shape index (κ2) is 3.95. The molecule has 0 radical (unpaired) electrons. The number of ether oxygens (including phenoxy) is 1. The van der Waals surface area contributed by atoms with Gasteiger partial charge in [0.1, 0.15) is 0 Å². The van der Waals surface area contributed by atoms with Crippen molar-refractivity contribution in [1.82, 2.24) is 0 Å². The Kier molecular flexibility index (Phi) is 2.81. The fraction of sp³-hybridized carbons (Fsp3) is 0.538. The van der Waals surface area contributed by atoms with Crippen molar-refractivity contribution in [3.63, 3.8) is 0 Å². The number of benzene rings is 1. The molecule has 2 rings (SSSR count). The highest BCUT2D eigenvalue weighted by atomic mass is 16.5. The Morgan fingerprint density at radius 3 is 2.87 bits per heavy atom. The highest BCUT2D eigenvalue weighted by Gasteiger charge is 2.32. The summed E-state index contributed by atoms with van der Waals surface area (Å²) in [6, 6.07) is 8.55. The third-order valence-electron chi connectivity index (χ3n) is 3.21. The summed E-state index contributed by atoms with van der Waals surface area (Å²) in [5, 5.41) is 0. The summed E-state index contributed by atoms with van der Waals surface area (Å²) in [5.74, 6) is 0.472. The zero-order valence-corrected chi connectivity index (χ0v) is 9.49. The molecule has 0 amide bonds. The summed E-state index contributed by atoms with van der Waals surface area (Å²) in [6.07, 6.45) is 1.01. The molecular formula is C13H19NO. The first-order valence-corrected chi connectivity index (χ1v) is 5.58. The van der Waals surface area contributed by atoms with Crippen LogP contribution in [0.15, 0.2) is 24.3 Å². The van der Waals surface area contributed by atoms with Crippen molar-refractivity contribution >= 4 is 0 Å². The molecule has 2 nitrogen and oxygen atoms in total. The number of nitrogens with two attached hydrogens (primary N) is 1. The van der Waals surface area contributed by atoms with E-state index in [0.717, 1.165) is 19.6 Å². The van der Waals surface area contributed by atoms with Crippen LogP contribution < -0.4 is 5.73 Å². The van der Waals surface area contributed by atoms with E-state index in [1.165, 1.54) is 11.1 Å². The summed E-state index contributed by atoms with van der Waals surface area (Å²) in [6.45, 7) is 5.78. The van der Waals surface area contributed by atoms with Crippen LogP contribution in [0.25, 0.3) is 0 Å². The molecule has 2 heteroatoms.